The second-order valence-corrected chi connectivity index (χ2v) is 6.14. The smallest absolute Gasteiger partial charge is 0.266 e. The van der Waals surface area contributed by atoms with Gasteiger partial charge in [0.25, 0.3) is 5.91 Å². The summed E-state index contributed by atoms with van der Waals surface area (Å²) >= 11 is 1.32. The van der Waals surface area contributed by atoms with Gasteiger partial charge >= 0.3 is 0 Å². The summed E-state index contributed by atoms with van der Waals surface area (Å²) < 4.78 is 0. The summed E-state index contributed by atoms with van der Waals surface area (Å²) in [6.07, 6.45) is 2.53. The third kappa shape index (κ3) is 3.48. The topological polar surface area (TPSA) is 75.3 Å². The van der Waals surface area contributed by atoms with Gasteiger partial charge in [0.1, 0.15) is 9.71 Å². The number of rotatable bonds is 6. The maximum atomic E-state index is 12.6. The SMILES string of the molecule is CCN(CCCN(C)C)C(=O)c1sc2nnccc2c1N. The molecule has 2 N–H and O–H groups in total. The highest BCUT2D eigenvalue weighted by atomic mass is 32.1. The van der Waals surface area contributed by atoms with Gasteiger partial charge in [-0.1, -0.05) is 0 Å². The molecule has 0 aromatic carbocycles. The number of carbonyl (C=O) groups is 1. The summed E-state index contributed by atoms with van der Waals surface area (Å²) in [7, 11) is 4.06. The monoisotopic (exact) mass is 307 g/mol. The van der Waals surface area contributed by atoms with Crippen LogP contribution in [0.25, 0.3) is 10.2 Å². The van der Waals surface area contributed by atoms with E-state index in [0.717, 1.165) is 24.9 Å². The van der Waals surface area contributed by atoms with Gasteiger partial charge in [0.05, 0.1) is 11.9 Å². The van der Waals surface area contributed by atoms with Crippen LogP contribution in [0.15, 0.2) is 12.3 Å². The Balaban J connectivity index is 2.17. The van der Waals surface area contributed by atoms with Crippen LogP contribution >= 0.6 is 11.3 Å². The van der Waals surface area contributed by atoms with E-state index in [1.54, 1.807) is 12.3 Å². The molecule has 0 bridgehead atoms. The Bertz CT molecular complexity index is 625. The van der Waals surface area contributed by atoms with Gasteiger partial charge in [-0.2, -0.15) is 5.10 Å². The van der Waals surface area contributed by atoms with E-state index in [1.165, 1.54) is 11.3 Å². The summed E-state index contributed by atoms with van der Waals surface area (Å²) in [5, 5.41) is 8.67. The van der Waals surface area contributed by atoms with E-state index < -0.39 is 0 Å². The molecule has 7 heteroatoms. The Morgan fingerprint density at radius 1 is 1.38 bits per heavy atom. The van der Waals surface area contributed by atoms with Gasteiger partial charge in [-0.3, -0.25) is 4.79 Å². The van der Waals surface area contributed by atoms with Crippen molar-refractivity contribution in [1.29, 1.82) is 0 Å². The highest BCUT2D eigenvalue weighted by Crippen LogP contribution is 2.32. The van der Waals surface area contributed by atoms with Gasteiger partial charge < -0.3 is 15.5 Å². The number of hydrogen-bond donors (Lipinski definition) is 1. The fourth-order valence-electron chi connectivity index (χ4n) is 2.16. The predicted molar refractivity (Wildman–Crippen MR) is 86.6 cm³/mol. The number of nitrogens with zero attached hydrogens (tertiary/aromatic N) is 4. The van der Waals surface area contributed by atoms with E-state index in [-0.39, 0.29) is 5.91 Å². The van der Waals surface area contributed by atoms with Crippen molar-refractivity contribution in [3.63, 3.8) is 0 Å². The van der Waals surface area contributed by atoms with Crippen LogP contribution in [0.4, 0.5) is 5.69 Å². The zero-order valence-electron chi connectivity index (χ0n) is 12.7. The van der Waals surface area contributed by atoms with Crippen LogP contribution in [0, 0.1) is 0 Å². The van der Waals surface area contributed by atoms with Crippen LogP contribution in [0.1, 0.15) is 23.0 Å². The first-order valence-corrected chi connectivity index (χ1v) is 7.80. The Morgan fingerprint density at radius 3 is 2.76 bits per heavy atom. The summed E-state index contributed by atoms with van der Waals surface area (Å²) in [5.41, 5.74) is 6.61. The van der Waals surface area contributed by atoms with Gasteiger partial charge in [0.15, 0.2) is 0 Å². The first-order chi connectivity index (χ1) is 10.0. The average Bonchev–Trinajstić information content (AvgIpc) is 2.80. The van der Waals surface area contributed by atoms with Gasteiger partial charge in [-0.25, -0.2) is 0 Å². The fourth-order valence-corrected chi connectivity index (χ4v) is 3.16. The normalized spacial score (nSPS) is 11.2. The molecule has 0 spiro atoms. The number of nitrogens with two attached hydrogens (primary N) is 1. The molecule has 1 amide bonds. The average molecular weight is 307 g/mol. The van der Waals surface area contributed by atoms with Gasteiger partial charge in [0.2, 0.25) is 0 Å². The van der Waals surface area contributed by atoms with Crippen molar-refractivity contribution in [2.24, 2.45) is 0 Å². The largest absolute Gasteiger partial charge is 0.397 e. The second-order valence-electron chi connectivity index (χ2n) is 5.14. The summed E-state index contributed by atoms with van der Waals surface area (Å²) in [5.74, 6) is -0.0169. The lowest BCUT2D eigenvalue weighted by Gasteiger charge is -2.21. The van der Waals surface area contributed by atoms with Crippen LogP contribution in [-0.4, -0.2) is 59.6 Å². The number of fused-ring (bicyclic) bond motifs is 1. The highest BCUT2D eigenvalue weighted by Gasteiger charge is 2.21. The lowest BCUT2D eigenvalue weighted by molar-refractivity contribution is 0.0765. The minimum Gasteiger partial charge on any atom is -0.397 e. The molecule has 2 aromatic rings. The van der Waals surface area contributed by atoms with E-state index in [1.807, 2.05) is 25.9 Å². The standard InChI is InChI=1S/C14H21N5OS/c1-4-19(9-5-8-18(2)3)14(20)12-11(15)10-6-7-16-17-13(10)21-12/h6-7H,4-5,8-9,15H2,1-3H3. The van der Waals surface area contributed by atoms with Crippen LogP contribution < -0.4 is 5.73 Å². The minimum atomic E-state index is -0.0169. The van der Waals surface area contributed by atoms with Crippen LogP contribution in [-0.2, 0) is 0 Å². The Hall–Kier alpha value is -1.73. The van der Waals surface area contributed by atoms with Gasteiger partial charge in [0, 0.05) is 18.5 Å². The minimum absolute atomic E-state index is 0.0169. The molecule has 2 heterocycles. The van der Waals surface area contributed by atoms with Crippen molar-refractivity contribution < 1.29 is 4.79 Å². The molecule has 0 aliphatic heterocycles. The Morgan fingerprint density at radius 2 is 2.14 bits per heavy atom. The van der Waals surface area contributed by atoms with Crippen LogP contribution in [0.3, 0.4) is 0 Å². The van der Waals surface area contributed by atoms with Crippen molar-refractivity contribution in [2.45, 2.75) is 13.3 Å². The molecule has 0 atom stereocenters. The van der Waals surface area contributed by atoms with Crippen LogP contribution in [0.2, 0.25) is 0 Å². The molecule has 0 aliphatic rings. The number of thiophene rings is 1. The van der Waals surface area contributed by atoms with E-state index in [4.69, 9.17) is 5.73 Å². The first kappa shape index (κ1) is 15.7. The molecule has 0 aliphatic carbocycles. The first-order valence-electron chi connectivity index (χ1n) is 6.98. The number of carbonyl (C=O) groups excluding carboxylic acids is 1. The molecule has 0 saturated carbocycles. The summed E-state index contributed by atoms with van der Waals surface area (Å²) in [4.78, 5) is 17.9. The van der Waals surface area contributed by atoms with Gasteiger partial charge in [-0.05, 0) is 40.1 Å². The third-order valence-corrected chi connectivity index (χ3v) is 4.41. The molecule has 114 valence electrons. The molecule has 2 rings (SSSR count). The van der Waals surface area contributed by atoms with E-state index >= 15 is 0 Å². The lowest BCUT2D eigenvalue weighted by atomic mass is 10.2. The quantitative estimate of drug-likeness (QED) is 0.879. The number of aromatic nitrogens is 2. The number of nitrogen functional groups attached to an aromatic ring is 1. The van der Waals surface area contributed by atoms with E-state index in [0.29, 0.717) is 21.9 Å². The third-order valence-electron chi connectivity index (χ3n) is 3.32. The van der Waals surface area contributed by atoms with Crippen LogP contribution in [0.5, 0.6) is 0 Å². The number of amides is 1. The summed E-state index contributed by atoms with van der Waals surface area (Å²) in [6, 6.07) is 1.80. The van der Waals surface area contributed by atoms with E-state index in [2.05, 4.69) is 15.1 Å². The molecular formula is C14H21N5OS. The van der Waals surface area contributed by atoms with Crippen molar-refractivity contribution >= 4 is 33.1 Å². The Labute approximate surface area is 128 Å². The molecule has 21 heavy (non-hydrogen) atoms. The second kappa shape index (κ2) is 6.82. The van der Waals surface area contributed by atoms with E-state index in [9.17, 15) is 4.79 Å². The fraction of sp³-hybridized carbons (Fsp3) is 0.500. The Kier molecular flexibility index (Phi) is 5.08. The molecule has 0 unspecified atom stereocenters. The van der Waals surface area contributed by atoms with Crippen molar-refractivity contribution in [3.8, 4) is 0 Å². The molecule has 2 aromatic heterocycles. The van der Waals surface area contributed by atoms with Crippen molar-refractivity contribution in [3.05, 3.63) is 17.1 Å². The predicted octanol–water partition coefficient (Wildman–Crippen LogP) is 1.69. The molecular weight excluding hydrogens is 286 g/mol. The highest BCUT2D eigenvalue weighted by molar-refractivity contribution is 7.21. The molecule has 0 fully saturated rings. The maximum absolute atomic E-state index is 12.6. The van der Waals surface area contributed by atoms with Crippen molar-refractivity contribution in [2.75, 3.05) is 39.5 Å². The summed E-state index contributed by atoms with van der Waals surface area (Å²) in [6.45, 7) is 4.34. The van der Waals surface area contributed by atoms with Gasteiger partial charge in [-0.15, -0.1) is 16.4 Å². The molecule has 0 saturated heterocycles. The zero-order valence-corrected chi connectivity index (χ0v) is 13.5. The van der Waals surface area contributed by atoms with Crippen molar-refractivity contribution in [1.82, 2.24) is 20.0 Å². The molecule has 0 radical (unpaired) electrons. The number of hydrogen-bond acceptors (Lipinski definition) is 6. The maximum Gasteiger partial charge on any atom is 0.266 e. The number of anilines is 1. The molecule has 6 nitrogen and oxygen atoms in total. The zero-order chi connectivity index (χ0) is 15.4. The lowest BCUT2D eigenvalue weighted by Crippen LogP contribution is -2.33.